The zero-order valence-corrected chi connectivity index (χ0v) is 12.0. The molecule has 1 aliphatic heterocycles. The summed E-state index contributed by atoms with van der Waals surface area (Å²) >= 11 is 6.22. The highest BCUT2D eigenvalue weighted by Crippen LogP contribution is 2.34. The van der Waals surface area contributed by atoms with E-state index in [1.54, 1.807) is 0 Å². The third-order valence-corrected chi connectivity index (χ3v) is 3.64. The molecule has 0 aliphatic carbocycles. The van der Waals surface area contributed by atoms with Crippen LogP contribution in [-0.4, -0.2) is 13.2 Å². The maximum absolute atomic E-state index is 6.22. The molecule has 104 valence electrons. The number of hydrogen-bond acceptors (Lipinski definition) is 3. The van der Waals surface area contributed by atoms with E-state index in [2.05, 4.69) is 12.2 Å². The van der Waals surface area contributed by atoms with E-state index in [-0.39, 0.29) is 6.04 Å². The van der Waals surface area contributed by atoms with Crippen molar-refractivity contribution < 1.29 is 9.47 Å². The van der Waals surface area contributed by atoms with Crippen molar-refractivity contribution in [2.45, 2.75) is 13.0 Å². The van der Waals surface area contributed by atoms with Gasteiger partial charge in [0.2, 0.25) is 0 Å². The highest BCUT2D eigenvalue weighted by atomic mass is 35.5. The number of fused-ring (bicyclic) bond motifs is 1. The van der Waals surface area contributed by atoms with E-state index in [0.29, 0.717) is 13.2 Å². The summed E-state index contributed by atoms with van der Waals surface area (Å²) in [5.74, 6) is 1.58. The standard InChI is InChI=1S/C16H16ClNO2/c1-11(13-4-2-3-5-14(13)17)18-12-6-7-15-16(10-12)20-9-8-19-15/h2-7,10-11,18H,8-9H2,1H3. The van der Waals surface area contributed by atoms with Crippen LogP contribution >= 0.6 is 11.6 Å². The number of benzene rings is 2. The van der Waals surface area contributed by atoms with Crippen molar-refractivity contribution in [1.82, 2.24) is 0 Å². The Morgan fingerprint density at radius 3 is 2.60 bits per heavy atom. The molecule has 0 bridgehead atoms. The Balaban J connectivity index is 1.79. The zero-order chi connectivity index (χ0) is 13.9. The van der Waals surface area contributed by atoms with Gasteiger partial charge >= 0.3 is 0 Å². The molecule has 20 heavy (non-hydrogen) atoms. The van der Waals surface area contributed by atoms with Gasteiger partial charge in [-0.1, -0.05) is 29.8 Å². The van der Waals surface area contributed by atoms with Crippen LogP contribution in [0, 0.1) is 0 Å². The number of rotatable bonds is 3. The topological polar surface area (TPSA) is 30.5 Å². The number of halogens is 1. The van der Waals surface area contributed by atoms with Gasteiger partial charge in [-0.05, 0) is 30.7 Å². The van der Waals surface area contributed by atoms with Gasteiger partial charge in [0.25, 0.3) is 0 Å². The van der Waals surface area contributed by atoms with Gasteiger partial charge in [-0.25, -0.2) is 0 Å². The molecule has 2 aromatic carbocycles. The van der Waals surface area contributed by atoms with Crippen molar-refractivity contribution in [3.05, 3.63) is 53.1 Å². The lowest BCUT2D eigenvalue weighted by atomic mass is 10.1. The highest BCUT2D eigenvalue weighted by Gasteiger charge is 2.14. The minimum Gasteiger partial charge on any atom is -0.486 e. The lowest BCUT2D eigenvalue weighted by Gasteiger charge is -2.21. The van der Waals surface area contributed by atoms with Crippen molar-refractivity contribution in [3.63, 3.8) is 0 Å². The van der Waals surface area contributed by atoms with E-state index < -0.39 is 0 Å². The third kappa shape index (κ3) is 2.68. The highest BCUT2D eigenvalue weighted by molar-refractivity contribution is 6.31. The maximum atomic E-state index is 6.22. The third-order valence-electron chi connectivity index (χ3n) is 3.30. The second-order valence-electron chi connectivity index (χ2n) is 4.75. The molecular formula is C16H16ClNO2. The molecule has 0 spiro atoms. The van der Waals surface area contributed by atoms with Crippen LogP contribution in [0.1, 0.15) is 18.5 Å². The fraction of sp³-hybridized carbons (Fsp3) is 0.250. The van der Waals surface area contributed by atoms with Crippen molar-refractivity contribution in [3.8, 4) is 11.5 Å². The molecule has 0 amide bonds. The van der Waals surface area contributed by atoms with Crippen molar-refractivity contribution in [1.29, 1.82) is 0 Å². The molecule has 0 saturated heterocycles. The van der Waals surface area contributed by atoms with Crippen LogP contribution < -0.4 is 14.8 Å². The molecule has 0 aromatic heterocycles. The second-order valence-corrected chi connectivity index (χ2v) is 5.15. The van der Waals surface area contributed by atoms with E-state index in [0.717, 1.165) is 27.8 Å². The molecule has 1 unspecified atom stereocenters. The van der Waals surface area contributed by atoms with Crippen LogP contribution in [0.2, 0.25) is 5.02 Å². The molecule has 4 heteroatoms. The summed E-state index contributed by atoms with van der Waals surface area (Å²) in [6, 6.07) is 13.8. The van der Waals surface area contributed by atoms with E-state index >= 15 is 0 Å². The summed E-state index contributed by atoms with van der Waals surface area (Å²) in [5, 5.41) is 4.20. The Bertz CT molecular complexity index is 615. The molecule has 2 aromatic rings. The smallest absolute Gasteiger partial charge is 0.163 e. The largest absolute Gasteiger partial charge is 0.486 e. The molecule has 0 saturated carbocycles. The first kappa shape index (κ1) is 13.1. The summed E-state index contributed by atoms with van der Waals surface area (Å²) in [7, 11) is 0. The number of nitrogens with one attached hydrogen (secondary N) is 1. The molecule has 3 rings (SSSR count). The van der Waals surface area contributed by atoms with Crippen LogP contribution in [0.3, 0.4) is 0 Å². The first-order valence-electron chi connectivity index (χ1n) is 6.64. The Kier molecular flexibility index (Phi) is 3.70. The Morgan fingerprint density at radius 2 is 1.80 bits per heavy atom. The average Bonchev–Trinajstić information content (AvgIpc) is 2.47. The fourth-order valence-corrected chi connectivity index (χ4v) is 2.59. The second kappa shape index (κ2) is 5.63. The maximum Gasteiger partial charge on any atom is 0.163 e. The van der Waals surface area contributed by atoms with Crippen LogP contribution in [0.15, 0.2) is 42.5 Å². The number of ether oxygens (including phenoxy) is 2. The lowest BCUT2D eigenvalue weighted by molar-refractivity contribution is 0.171. The van der Waals surface area contributed by atoms with E-state index in [9.17, 15) is 0 Å². The lowest BCUT2D eigenvalue weighted by Crippen LogP contribution is -2.15. The van der Waals surface area contributed by atoms with E-state index in [1.165, 1.54) is 0 Å². The molecule has 1 atom stereocenters. The zero-order valence-electron chi connectivity index (χ0n) is 11.2. The molecule has 0 fully saturated rings. The first-order chi connectivity index (χ1) is 9.74. The van der Waals surface area contributed by atoms with Gasteiger partial charge in [-0.3, -0.25) is 0 Å². The predicted octanol–water partition coefficient (Wildman–Crippen LogP) is 4.28. The van der Waals surface area contributed by atoms with Gasteiger partial charge in [0, 0.05) is 22.8 Å². The summed E-state index contributed by atoms with van der Waals surface area (Å²) in [5.41, 5.74) is 2.06. The Hall–Kier alpha value is -1.87. The van der Waals surface area contributed by atoms with Gasteiger partial charge in [0.1, 0.15) is 13.2 Å². The van der Waals surface area contributed by atoms with Gasteiger partial charge in [-0.15, -0.1) is 0 Å². The Morgan fingerprint density at radius 1 is 1.05 bits per heavy atom. The summed E-state index contributed by atoms with van der Waals surface area (Å²) in [4.78, 5) is 0. The molecular weight excluding hydrogens is 274 g/mol. The predicted molar refractivity (Wildman–Crippen MR) is 80.9 cm³/mol. The Labute approximate surface area is 123 Å². The number of hydrogen-bond donors (Lipinski definition) is 1. The molecule has 1 aliphatic rings. The summed E-state index contributed by atoms with van der Waals surface area (Å²) < 4.78 is 11.1. The van der Waals surface area contributed by atoms with E-state index in [1.807, 2.05) is 42.5 Å². The van der Waals surface area contributed by atoms with Crippen LogP contribution in [-0.2, 0) is 0 Å². The minimum absolute atomic E-state index is 0.117. The SMILES string of the molecule is CC(Nc1ccc2c(c1)OCCO2)c1ccccc1Cl. The number of anilines is 1. The van der Waals surface area contributed by atoms with Gasteiger partial charge in [0.05, 0.1) is 0 Å². The molecule has 1 N–H and O–H groups in total. The van der Waals surface area contributed by atoms with Crippen LogP contribution in [0.5, 0.6) is 11.5 Å². The normalized spacial score (nSPS) is 14.7. The monoisotopic (exact) mass is 289 g/mol. The average molecular weight is 290 g/mol. The van der Waals surface area contributed by atoms with Crippen molar-refractivity contribution in [2.75, 3.05) is 18.5 Å². The quantitative estimate of drug-likeness (QED) is 0.914. The van der Waals surface area contributed by atoms with Crippen LogP contribution in [0.4, 0.5) is 5.69 Å². The minimum atomic E-state index is 0.117. The molecule has 3 nitrogen and oxygen atoms in total. The summed E-state index contributed by atoms with van der Waals surface area (Å²) in [6.07, 6.45) is 0. The van der Waals surface area contributed by atoms with Crippen molar-refractivity contribution >= 4 is 17.3 Å². The molecule has 0 radical (unpaired) electrons. The molecule has 1 heterocycles. The summed E-state index contributed by atoms with van der Waals surface area (Å²) in [6.45, 7) is 3.28. The van der Waals surface area contributed by atoms with E-state index in [4.69, 9.17) is 21.1 Å². The first-order valence-corrected chi connectivity index (χ1v) is 7.02. The van der Waals surface area contributed by atoms with Gasteiger partial charge in [-0.2, -0.15) is 0 Å². The van der Waals surface area contributed by atoms with Gasteiger partial charge < -0.3 is 14.8 Å². The van der Waals surface area contributed by atoms with Crippen LogP contribution in [0.25, 0.3) is 0 Å². The van der Waals surface area contributed by atoms with Gasteiger partial charge in [0.15, 0.2) is 11.5 Å². The van der Waals surface area contributed by atoms with Crippen molar-refractivity contribution in [2.24, 2.45) is 0 Å². The fourth-order valence-electron chi connectivity index (χ4n) is 2.29.